The number of hydrogen-bond acceptors (Lipinski definition) is 3. The summed E-state index contributed by atoms with van der Waals surface area (Å²) in [6, 6.07) is 3.65. The summed E-state index contributed by atoms with van der Waals surface area (Å²) >= 11 is 0. The van der Waals surface area contributed by atoms with Crippen LogP contribution in [0.3, 0.4) is 0 Å². The van der Waals surface area contributed by atoms with Crippen molar-refractivity contribution in [2.75, 3.05) is 13.3 Å². The Labute approximate surface area is 75.7 Å². The van der Waals surface area contributed by atoms with Crippen molar-refractivity contribution in [3.63, 3.8) is 0 Å². The molecule has 1 aliphatic rings. The van der Waals surface area contributed by atoms with Crippen LogP contribution in [0.2, 0.25) is 0 Å². The van der Waals surface area contributed by atoms with E-state index in [0.717, 1.165) is 5.76 Å². The minimum absolute atomic E-state index is 0.115. The van der Waals surface area contributed by atoms with Crippen LogP contribution in [-0.4, -0.2) is 24.3 Å². The Morgan fingerprint density at radius 2 is 2.23 bits per heavy atom. The molecule has 2 heterocycles. The molecule has 5 heteroatoms. The van der Waals surface area contributed by atoms with E-state index < -0.39 is 0 Å². The Morgan fingerprint density at radius 3 is 2.85 bits per heavy atom. The molecule has 0 atom stereocenters. The molecule has 0 aromatic carbocycles. The number of furan rings is 1. The monoisotopic (exact) mass is 181 g/mol. The second kappa shape index (κ2) is 3.49. The van der Waals surface area contributed by atoms with E-state index in [0.29, 0.717) is 19.9 Å². The molecule has 0 bridgehead atoms. The maximum Gasteiger partial charge on any atom is 0.316 e. The van der Waals surface area contributed by atoms with Crippen molar-refractivity contribution in [1.82, 2.24) is 15.5 Å². The van der Waals surface area contributed by atoms with Gasteiger partial charge in [-0.05, 0) is 12.1 Å². The molecule has 70 valence electrons. The van der Waals surface area contributed by atoms with Gasteiger partial charge in [0.2, 0.25) is 0 Å². The van der Waals surface area contributed by atoms with Gasteiger partial charge in [0.25, 0.3) is 0 Å². The fourth-order valence-electron chi connectivity index (χ4n) is 1.22. The van der Waals surface area contributed by atoms with Crippen molar-refractivity contribution in [2.45, 2.75) is 6.54 Å². The van der Waals surface area contributed by atoms with E-state index in [1.54, 1.807) is 6.26 Å². The summed E-state index contributed by atoms with van der Waals surface area (Å²) < 4.78 is 5.18. The average molecular weight is 181 g/mol. The van der Waals surface area contributed by atoms with Crippen molar-refractivity contribution in [2.24, 2.45) is 0 Å². The van der Waals surface area contributed by atoms with Crippen LogP contribution < -0.4 is 10.6 Å². The molecule has 1 fully saturated rings. The number of nitrogens with one attached hydrogen (secondary N) is 2. The first-order valence-corrected chi connectivity index (χ1v) is 4.11. The lowest BCUT2D eigenvalue weighted by atomic mass is 10.4. The molecule has 2 rings (SSSR count). The zero-order valence-electron chi connectivity index (χ0n) is 7.12. The van der Waals surface area contributed by atoms with Crippen LogP contribution in [0.1, 0.15) is 5.76 Å². The molecule has 13 heavy (non-hydrogen) atoms. The Hall–Kier alpha value is -1.49. The molecule has 1 aliphatic heterocycles. The molecular weight excluding hydrogens is 170 g/mol. The minimum atomic E-state index is -0.115. The third kappa shape index (κ3) is 2.00. The molecule has 0 saturated carbocycles. The molecule has 2 N–H and O–H groups in total. The number of carbonyl (C=O) groups is 1. The minimum Gasteiger partial charge on any atom is -0.468 e. The number of urea groups is 1. The second-order valence-corrected chi connectivity index (χ2v) is 2.91. The van der Waals surface area contributed by atoms with Crippen molar-refractivity contribution in [3.8, 4) is 0 Å². The molecule has 1 saturated heterocycles. The molecular formula is C8H11N3O2. The Balaban J connectivity index is 1.86. The highest BCUT2D eigenvalue weighted by Gasteiger charge is 2.14. The lowest BCUT2D eigenvalue weighted by molar-refractivity contribution is 0.170. The van der Waals surface area contributed by atoms with Gasteiger partial charge in [-0.15, -0.1) is 0 Å². The Bertz CT molecular complexity index is 274. The van der Waals surface area contributed by atoms with Gasteiger partial charge in [-0.2, -0.15) is 0 Å². The number of rotatable bonds is 2. The standard InChI is InChI=1S/C8H11N3O2/c12-8-9-5-11(6-10-8)4-7-2-1-3-13-7/h1-3H,4-6H2,(H2,9,10,12). The smallest absolute Gasteiger partial charge is 0.316 e. The molecule has 1 aromatic rings. The summed E-state index contributed by atoms with van der Waals surface area (Å²) in [4.78, 5) is 12.8. The van der Waals surface area contributed by atoms with E-state index in [-0.39, 0.29) is 6.03 Å². The lowest BCUT2D eigenvalue weighted by Gasteiger charge is -2.26. The van der Waals surface area contributed by atoms with Crippen LogP contribution >= 0.6 is 0 Å². The van der Waals surface area contributed by atoms with Gasteiger partial charge in [-0.25, -0.2) is 4.79 Å². The molecule has 0 unspecified atom stereocenters. The van der Waals surface area contributed by atoms with Gasteiger partial charge in [0, 0.05) is 0 Å². The summed E-state index contributed by atoms with van der Waals surface area (Å²) in [5.74, 6) is 0.901. The third-order valence-electron chi connectivity index (χ3n) is 1.89. The summed E-state index contributed by atoms with van der Waals surface area (Å²) in [7, 11) is 0. The average Bonchev–Trinajstić information content (AvgIpc) is 2.62. The Kier molecular flexibility index (Phi) is 2.18. The van der Waals surface area contributed by atoms with E-state index in [2.05, 4.69) is 10.6 Å². The molecule has 1 aromatic heterocycles. The molecule has 0 spiro atoms. The highest BCUT2D eigenvalue weighted by atomic mass is 16.3. The zero-order chi connectivity index (χ0) is 9.10. The van der Waals surface area contributed by atoms with Crippen molar-refractivity contribution in [1.29, 1.82) is 0 Å². The fraction of sp³-hybridized carbons (Fsp3) is 0.375. The van der Waals surface area contributed by atoms with Gasteiger partial charge in [0.15, 0.2) is 0 Å². The van der Waals surface area contributed by atoms with Gasteiger partial charge in [-0.1, -0.05) is 0 Å². The normalized spacial score (nSPS) is 18.0. The maximum atomic E-state index is 10.7. The topological polar surface area (TPSA) is 57.5 Å². The van der Waals surface area contributed by atoms with E-state index >= 15 is 0 Å². The van der Waals surface area contributed by atoms with Crippen molar-refractivity contribution in [3.05, 3.63) is 24.2 Å². The van der Waals surface area contributed by atoms with Gasteiger partial charge in [-0.3, -0.25) is 4.90 Å². The number of nitrogens with zero attached hydrogens (tertiary/aromatic N) is 1. The predicted octanol–water partition coefficient (Wildman–Crippen LogP) is 0.309. The van der Waals surface area contributed by atoms with Crippen LogP contribution in [0.5, 0.6) is 0 Å². The van der Waals surface area contributed by atoms with Crippen LogP contribution in [0.25, 0.3) is 0 Å². The Morgan fingerprint density at radius 1 is 1.46 bits per heavy atom. The quantitative estimate of drug-likeness (QED) is 0.690. The van der Waals surface area contributed by atoms with E-state index in [9.17, 15) is 4.79 Å². The van der Waals surface area contributed by atoms with Crippen LogP contribution in [0.15, 0.2) is 22.8 Å². The van der Waals surface area contributed by atoms with Crippen LogP contribution in [-0.2, 0) is 6.54 Å². The van der Waals surface area contributed by atoms with Crippen LogP contribution in [0.4, 0.5) is 4.79 Å². The number of amides is 2. The first-order chi connectivity index (χ1) is 6.34. The SMILES string of the molecule is O=C1NCN(Cc2ccco2)CN1. The van der Waals surface area contributed by atoms with E-state index in [1.807, 2.05) is 17.0 Å². The fourth-order valence-corrected chi connectivity index (χ4v) is 1.22. The molecule has 2 amide bonds. The summed E-state index contributed by atoms with van der Waals surface area (Å²) in [6.07, 6.45) is 1.64. The number of carbonyl (C=O) groups excluding carboxylic acids is 1. The van der Waals surface area contributed by atoms with Gasteiger partial charge in [0.05, 0.1) is 26.1 Å². The largest absolute Gasteiger partial charge is 0.468 e. The maximum absolute atomic E-state index is 10.7. The predicted molar refractivity (Wildman–Crippen MR) is 45.7 cm³/mol. The zero-order valence-corrected chi connectivity index (χ0v) is 7.12. The first-order valence-electron chi connectivity index (χ1n) is 4.11. The van der Waals surface area contributed by atoms with E-state index in [4.69, 9.17) is 4.42 Å². The highest BCUT2D eigenvalue weighted by Crippen LogP contribution is 2.04. The molecule has 0 aliphatic carbocycles. The summed E-state index contributed by atoms with van der Waals surface area (Å²) in [5.41, 5.74) is 0. The summed E-state index contributed by atoms with van der Waals surface area (Å²) in [5, 5.41) is 5.36. The van der Waals surface area contributed by atoms with E-state index in [1.165, 1.54) is 0 Å². The summed E-state index contributed by atoms with van der Waals surface area (Å²) in [6.45, 7) is 1.83. The van der Waals surface area contributed by atoms with Gasteiger partial charge in [0.1, 0.15) is 5.76 Å². The van der Waals surface area contributed by atoms with Gasteiger partial charge < -0.3 is 15.1 Å². The first kappa shape index (κ1) is 8.12. The third-order valence-corrected chi connectivity index (χ3v) is 1.89. The second-order valence-electron chi connectivity index (χ2n) is 2.91. The lowest BCUT2D eigenvalue weighted by Crippen LogP contribution is -2.53. The molecule has 0 radical (unpaired) electrons. The van der Waals surface area contributed by atoms with Crippen molar-refractivity contribution >= 4 is 6.03 Å². The van der Waals surface area contributed by atoms with Crippen molar-refractivity contribution < 1.29 is 9.21 Å². The molecule has 5 nitrogen and oxygen atoms in total. The van der Waals surface area contributed by atoms with Crippen LogP contribution in [0, 0.1) is 0 Å². The van der Waals surface area contributed by atoms with Gasteiger partial charge >= 0.3 is 6.03 Å². The highest BCUT2D eigenvalue weighted by molar-refractivity contribution is 5.74. The number of hydrogen-bond donors (Lipinski definition) is 2.